The summed E-state index contributed by atoms with van der Waals surface area (Å²) in [5.41, 5.74) is 5.38. The average Bonchev–Trinajstić information content (AvgIpc) is 2.83. The zero-order valence-corrected chi connectivity index (χ0v) is 21.3. The average molecular weight is 483 g/mol. The fraction of sp³-hybridized carbons (Fsp3) is 0.200. The molecule has 0 spiro atoms. The number of hydrogen-bond donors (Lipinski definition) is 0. The molecule has 1 aliphatic rings. The maximum absolute atomic E-state index is 12.0. The van der Waals surface area contributed by atoms with Gasteiger partial charge < -0.3 is 9.47 Å². The molecule has 1 amide bonds. The molecule has 0 fully saturated rings. The van der Waals surface area contributed by atoms with Gasteiger partial charge in [-0.3, -0.25) is 9.79 Å². The third-order valence-corrected chi connectivity index (χ3v) is 5.42. The Labute approximate surface area is 212 Å². The number of ether oxygens (including phenoxy) is 2. The lowest BCUT2D eigenvalue weighted by Crippen LogP contribution is -2.11. The van der Waals surface area contributed by atoms with Crippen LogP contribution in [0, 0.1) is 11.8 Å². The highest BCUT2D eigenvalue weighted by Crippen LogP contribution is 2.39. The SMILES string of the molecule is C=C(/C=C\C(=C/C)C1=CC(=C)c2cc(C)cc(/C(C)=N\c3ccccc3C(=O)N=O)c2O1)OC(C)C. The molecular formula is C30H30N2O4. The zero-order chi connectivity index (χ0) is 26.4. The number of allylic oxidation sites excluding steroid dienone is 5. The van der Waals surface area contributed by atoms with Gasteiger partial charge in [0.25, 0.3) is 0 Å². The number of benzene rings is 2. The van der Waals surface area contributed by atoms with Crippen LogP contribution in [0.15, 0.2) is 101 Å². The van der Waals surface area contributed by atoms with E-state index in [-0.39, 0.29) is 11.7 Å². The Kier molecular flexibility index (Phi) is 8.33. The molecule has 2 aromatic carbocycles. The van der Waals surface area contributed by atoms with Crippen molar-refractivity contribution >= 4 is 22.9 Å². The number of nitroso groups, excluding NO2 is 1. The molecule has 0 aromatic heterocycles. The topological polar surface area (TPSA) is 77.3 Å². The summed E-state index contributed by atoms with van der Waals surface area (Å²) in [5.74, 6) is 0.932. The Hall–Kier alpha value is -4.32. The van der Waals surface area contributed by atoms with E-state index in [1.54, 1.807) is 24.3 Å². The quantitative estimate of drug-likeness (QED) is 0.167. The molecule has 0 saturated carbocycles. The maximum atomic E-state index is 12.0. The van der Waals surface area contributed by atoms with Crippen LogP contribution in [0.1, 0.15) is 54.7 Å². The third-order valence-electron chi connectivity index (χ3n) is 5.42. The van der Waals surface area contributed by atoms with Gasteiger partial charge in [0.2, 0.25) is 0 Å². The normalized spacial score (nSPS) is 13.8. The lowest BCUT2D eigenvalue weighted by Gasteiger charge is -2.24. The minimum atomic E-state index is -0.865. The number of fused-ring (bicyclic) bond motifs is 1. The number of nitrogens with zero attached hydrogens (tertiary/aromatic N) is 2. The minimum absolute atomic E-state index is 0.0313. The monoisotopic (exact) mass is 482 g/mol. The fourth-order valence-corrected chi connectivity index (χ4v) is 3.80. The van der Waals surface area contributed by atoms with Crippen LogP contribution in [0.4, 0.5) is 5.69 Å². The number of para-hydroxylation sites is 1. The van der Waals surface area contributed by atoms with E-state index in [0.717, 1.165) is 27.8 Å². The molecule has 1 heterocycles. The molecule has 2 aromatic rings. The van der Waals surface area contributed by atoms with E-state index >= 15 is 0 Å². The van der Waals surface area contributed by atoms with Crippen molar-refractivity contribution in [3.05, 3.63) is 118 Å². The molecule has 184 valence electrons. The van der Waals surface area contributed by atoms with Crippen molar-refractivity contribution < 1.29 is 14.3 Å². The molecule has 6 heteroatoms. The Bertz CT molecular complexity index is 1360. The molecule has 0 unspecified atom stereocenters. The Balaban J connectivity index is 2.03. The Morgan fingerprint density at radius 3 is 2.53 bits per heavy atom. The Morgan fingerprint density at radius 1 is 1.14 bits per heavy atom. The summed E-state index contributed by atoms with van der Waals surface area (Å²) in [4.78, 5) is 27.5. The molecule has 6 nitrogen and oxygen atoms in total. The lowest BCUT2D eigenvalue weighted by molar-refractivity contribution is 0.100. The van der Waals surface area contributed by atoms with Gasteiger partial charge in [0.1, 0.15) is 17.3 Å². The highest BCUT2D eigenvalue weighted by atomic mass is 16.5. The second kappa shape index (κ2) is 11.4. The van der Waals surface area contributed by atoms with Crippen LogP contribution in [-0.2, 0) is 4.74 Å². The van der Waals surface area contributed by atoms with Gasteiger partial charge in [0, 0.05) is 27.6 Å². The van der Waals surface area contributed by atoms with Gasteiger partial charge in [0.05, 0.1) is 17.4 Å². The van der Waals surface area contributed by atoms with Crippen LogP contribution in [0.3, 0.4) is 0 Å². The molecule has 1 aliphatic heterocycles. The number of hydrogen-bond acceptors (Lipinski definition) is 5. The maximum Gasteiger partial charge on any atom is 0.318 e. The first kappa shape index (κ1) is 26.3. The number of aliphatic imine (C=N–C) groups is 1. The fourth-order valence-electron chi connectivity index (χ4n) is 3.80. The molecule has 0 radical (unpaired) electrons. The minimum Gasteiger partial charge on any atom is -0.492 e. The predicted molar refractivity (Wildman–Crippen MR) is 146 cm³/mol. The molecule has 36 heavy (non-hydrogen) atoms. The van der Waals surface area contributed by atoms with Crippen molar-refractivity contribution in [2.75, 3.05) is 0 Å². The smallest absolute Gasteiger partial charge is 0.318 e. The largest absolute Gasteiger partial charge is 0.492 e. The number of aryl methyl sites for hydroxylation is 1. The van der Waals surface area contributed by atoms with Crippen molar-refractivity contribution in [3.63, 3.8) is 0 Å². The summed E-state index contributed by atoms with van der Waals surface area (Å²) < 4.78 is 12.0. The molecule has 0 atom stereocenters. The third kappa shape index (κ3) is 6.02. The summed E-state index contributed by atoms with van der Waals surface area (Å²) in [5, 5.41) is 2.55. The van der Waals surface area contributed by atoms with Gasteiger partial charge >= 0.3 is 5.91 Å². The summed E-state index contributed by atoms with van der Waals surface area (Å²) in [6.07, 6.45) is 7.55. The van der Waals surface area contributed by atoms with Gasteiger partial charge in [-0.15, -0.1) is 4.91 Å². The van der Waals surface area contributed by atoms with Crippen molar-refractivity contribution in [1.29, 1.82) is 0 Å². The lowest BCUT2D eigenvalue weighted by atomic mass is 9.94. The van der Waals surface area contributed by atoms with Crippen molar-refractivity contribution in [2.24, 2.45) is 10.2 Å². The van der Waals surface area contributed by atoms with Crippen LogP contribution in [0.2, 0.25) is 0 Å². The van der Waals surface area contributed by atoms with Gasteiger partial charge in [-0.1, -0.05) is 31.4 Å². The molecule has 0 bridgehead atoms. The molecule has 0 saturated heterocycles. The first-order valence-corrected chi connectivity index (χ1v) is 11.6. The van der Waals surface area contributed by atoms with E-state index in [4.69, 9.17) is 9.47 Å². The first-order valence-electron chi connectivity index (χ1n) is 11.6. The molecular weight excluding hydrogens is 452 g/mol. The highest BCUT2D eigenvalue weighted by Gasteiger charge is 2.23. The van der Waals surface area contributed by atoms with Gasteiger partial charge in [-0.25, -0.2) is 0 Å². The van der Waals surface area contributed by atoms with E-state index in [0.29, 0.717) is 28.7 Å². The van der Waals surface area contributed by atoms with E-state index in [2.05, 4.69) is 23.3 Å². The van der Waals surface area contributed by atoms with Crippen LogP contribution >= 0.6 is 0 Å². The van der Waals surface area contributed by atoms with Crippen molar-refractivity contribution in [3.8, 4) is 5.75 Å². The standard InChI is InChI=1S/C30H30N2O4/c1-8-23(14-13-21(6)35-18(2)3)28-17-20(5)25-15-19(4)16-26(29(25)36-28)22(7)31-27-12-10-9-11-24(27)30(33)32-34/h8-18H,5-6H2,1-4,7H3/b14-13-,23-8+,31-22-. The number of carbonyl (C=O) groups is 1. The zero-order valence-electron chi connectivity index (χ0n) is 21.3. The summed E-state index contributed by atoms with van der Waals surface area (Å²) in [6, 6.07) is 10.6. The van der Waals surface area contributed by atoms with Crippen molar-refractivity contribution in [2.45, 2.75) is 40.7 Å². The van der Waals surface area contributed by atoms with Crippen LogP contribution in [0.25, 0.3) is 5.57 Å². The molecule has 0 N–H and O–H groups in total. The highest BCUT2D eigenvalue weighted by molar-refractivity contribution is 6.07. The van der Waals surface area contributed by atoms with Crippen LogP contribution in [0.5, 0.6) is 5.75 Å². The van der Waals surface area contributed by atoms with E-state index < -0.39 is 5.91 Å². The van der Waals surface area contributed by atoms with E-state index in [1.807, 2.05) is 65.0 Å². The van der Waals surface area contributed by atoms with Gasteiger partial charge in [-0.05, 0) is 88.2 Å². The summed E-state index contributed by atoms with van der Waals surface area (Å²) >= 11 is 0. The first-order chi connectivity index (χ1) is 17.1. The summed E-state index contributed by atoms with van der Waals surface area (Å²) in [7, 11) is 0. The van der Waals surface area contributed by atoms with Crippen LogP contribution < -0.4 is 4.74 Å². The van der Waals surface area contributed by atoms with Gasteiger partial charge in [0.15, 0.2) is 0 Å². The predicted octanol–water partition coefficient (Wildman–Crippen LogP) is 7.77. The second-order valence-electron chi connectivity index (χ2n) is 8.65. The van der Waals surface area contributed by atoms with E-state index in [9.17, 15) is 9.70 Å². The van der Waals surface area contributed by atoms with Crippen molar-refractivity contribution in [1.82, 2.24) is 0 Å². The van der Waals surface area contributed by atoms with Crippen LogP contribution in [-0.4, -0.2) is 17.7 Å². The number of amides is 1. The second-order valence-corrected chi connectivity index (χ2v) is 8.65. The Morgan fingerprint density at radius 2 is 1.86 bits per heavy atom. The summed E-state index contributed by atoms with van der Waals surface area (Å²) in [6.45, 7) is 17.8. The number of carbonyl (C=O) groups excluding carboxylic acids is 1. The molecule has 0 aliphatic carbocycles. The van der Waals surface area contributed by atoms with E-state index in [1.165, 1.54) is 6.07 Å². The molecule has 3 rings (SSSR count). The van der Waals surface area contributed by atoms with Gasteiger partial charge in [-0.2, -0.15) is 0 Å². The number of rotatable bonds is 8.